The summed E-state index contributed by atoms with van der Waals surface area (Å²) in [5.74, 6) is -1.64. The molecule has 0 spiro atoms. The minimum absolute atomic E-state index is 0.372. The molecule has 0 aromatic rings. The number of nitrogens with zero attached hydrogens (tertiary/aromatic N) is 4. The van der Waals surface area contributed by atoms with E-state index in [0.29, 0.717) is 0 Å². The Kier molecular flexibility index (Phi) is 3.73. The zero-order valence-electron chi connectivity index (χ0n) is 8.32. The third-order valence-electron chi connectivity index (χ3n) is 1.97. The van der Waals surface area contributed by atoms with Crippen molar-refractivity contribution in [1.82, 2.24) is 5.01 Å². The lowest BCUT2D eigenvalue weighted by Crippen LogP contribution is -2.39. The summed E-state index contributed by atoms with van der Waals surface area (Å²) in [6.07, 6.45) is 5.88. The van der Waals surface area contributed by atoms with Crippen molar-refractivity contribution in [2.45, 2.75) is 6.04 Å². The number of likely N-dealkylation sites (N-methyl/N-ethyl adjacent to an activating group) is 1. The number of aliphatic imine (C=N–C) groups is 1. The molecule has 1 rings (SSSR count). The van der Waals surface area contributed by atoms with Gasteiger partial charge in [0.05, 0.1) is 6.04 Å². The van der Waals surface area contributed by atoms with Crippen LogP contribution in [0.5, 0.6) is 0 Å². The molecule has 0 saturated carbocycles. The fraction of sp³-hybridized carbons (Fsp3) is 0.333. The molecule has 1 heterocycles. The number of carbonyl (C=O) groups is 1. The van der Waals surface area contributed by atoms with Crippen LogP contribution in [0.15, 0.2) is 40.4 Å². The number of hydrogen-bond acceptors (Lipinski definition) is 4. The maximum absolute atomic E-state index is 10.9. The van der Waals surface area contributed by atoms with Crippen LogP contribution in [0.2, 0.25) is 0 Å². The van der Waals surface area contributed by atoms with Gasteiger partial charge in [-0.15, -0.1) is 5.11 Å². The molecule has 1 N–H and O–H groups in total. The van der Waals surface area contributed by atoms with Crippen molar-refractivity contribution in [1.29, 1.82) is 0 Å². The Morgan fingerprint density at radius 1 is 1.73 bits per heavy atom. The largest absolute Gasteiger partial charge is 0.481 e. The summed E-state index contributed by atoms with van der Waals surface area (Å²) >= 11 is 0. The van der Waals surface area contributed by atoms with Gasteiger partial charge < -0.3 is 5.11 Å². The third kappa shape index (κ3) is 2.73. The highest BCUT2D eigenvalue weighted by Crippen LogP contribution is 2.15. The van der Waals surface area contributed by atoms with Crippen LogP contribution in [-0.2, 0) is 4.79 Å². The van der Waals surface area contributed by atoms with E-state index in [1.165, 1.54) is 17.4 Å². The Morgan fingerprint density at radius 2 is 2.47 bits per heavy atom. The summed E-state index contributed by atoms with van der Waals surface area (Å²) < 4.78 is 0. The van der Waals surface area contributed by atoms with Gasteiger partial charge in [0.15, 0.2) is 0 Å². The molecule has 0 aromatic carbocycles. The highest BCUT2D eigenvalue weighted by molar-refractivity contribution is 5.90. The van der Waals surface area contributed by atoms with Crippen LogP contribution in [0.4, 0.5) is 0 Å². The molecule has 6 nitrogen and oxygen atoms in total. The van der Waals surface area contributed by atoms with Crippen molar-refractivity contribution in [3.8, 4) is 0 Å². The fourth-order valence-corrected chi connectivity index (χ4v) is 1.23. The van der Waals surface area contributed by atoms with Gasteiger partial charge in [-0.3, -0.25) is 14.8 Å². The van der Waals surface area contributed by atoms with E-state index in [0.717, 1.165) is 0 Å². The second-order valence-corrected chi connectivity index (χ2v) is 2.96. The van der Waals surface area contributed by atoms with Crippen molar-refractivity contribution in [2.24, 2.45) is 21.2 Å². The summed E-state index contributed by atoms with van der Waals surface area (Å²) in [5.41, 5.74) is 0. The Hall–Kier alpha value is -1.98. The van der Waals surface area contributed by atoms with Gasteiger partial charge in [-0.2, -0.15) is 0 Å². The Balaban J connectivity index is 2.78. The normalized spacial score (nSPS) is 24.3. The quantitative estimate of drug-likeness (QED) is 0.555. The third-order valence-corrected chi connectivity index (χ3v) is 1.97. The molecule has 1 aliphatic rings. The van der Waals surface area contributed by atoms with Crippen molar-refractivity contribution < 1.29 is 9.90 Å². The first-order valence-electron chi connectivity index (χ1n) is 4.34. The van der Waals surface area contributed by atoms with Crippen molar-refractivity contribution in [3.05, 3.63) is 25.1 Å². The molecule has 0 fully saturated rings. The van der Waals surface area contributed by atoms with Gasteiger partial charge in [0.1, 0.15) is 5.92 Å². The Labute approximate surface area is 87.3 Å². The molecule has 2 atom stereocenters. The maximum Gasteiger partial charge on any atom is 0.314 e. The highest BCUT2D eigenvalue weighted by atomic mass is 16.4. The molecular formula is C9H12N4O2. The predicted molar refractivity (Wildman–Crippen MR) is 55.4 cm³/mol. The lowest BCUT2D eigenvalue weighted by molar-refractivity contribution is -0.140. The van der Waals surface area contributed by atoms with Crippen molar-refractivity contribution in [3.63, 3.8) is 0 Å². The van der Waals surface area contributed by atoms with E-state index in [2.05, 4.69) is 21.9 Å². The smallest absolute Gasteiger partial charge is 0.314 e. The van der Waals surface area contributed by atoms with Gasteiger partial charge in [0, 0.05) is 25.7 Å². The number of carboxylic acids is 1. The van der Waals surface area contributed by atoms with Gasteiger partial charge in [-0.25, -0.2) is 0 Å². The van der Waals surface area contributed by atoms with E-state index >= 15 is 0 Å². The highest BCUT2D eigenvalue weighted by Gasteiger charge is 2.29. The molecule has 6 heteroatoms. The monoisotopic (exact) mass is 208 g/mol. The average Bonchev–Trinajstić information content (AvgIpc) is 2.25. The zero-order valence-corrected chi connectivity index (χ0v) is 8.32. The number of hydrogen-bond donors (Lipinski definition) is 1. The first kappa shape index (κ1) is 11.1. The molecule has 80 valence electrons. The van der Waals surface area contributed by atoms with Gasteiger partial charge in [-0.1, -0.05) is 11.8 Å². The zero-order chi connectivity index (χ0) is 11.3. The standard InChI is InChI=1S/C9H12N4O2/c1-3-11-12-13(2)8-4-5-10-6-7(8)9(14)15/h3-8H,1H2,2H3,(H,14,15). The van der Waals surface area contributed by atoms with E-state index in [9.17, 15) is 4.79 Å². The van der Waals surface area contributed by atoms with Crippen molar-refractivity contribution >= 4 is 12.2 Å². The first-order chi connectivity index (χ1) is 7.16. The minimum atomic E-state index is -0.936. The molecule has 1 aliphatic heterocycles. The number of carboxylic acid groups (broad SMARTS) is 1. The van der Waals surface area contributed by atoms with Gasteiger partial charge in [-0.05, 0) is 6.08 Å². The van der Waals surface area contributed by atoms with Crippen molar-refractivity contribution in [2.75, 3.05) is 7.05 Å². The molecule has 0 aliphatic carbocycles. The maximum atomic E-state index is 10.9. The lowest BCUT2D eigenvalue weighted by atomic mass is 9.99. The molecule has 0 amide bonds. The van der Waals surface area contributed by atoms with Crippen LogP contribution in [0.25, 0.3) is 0 Å². The van der Waals surface area contributed by atoms with Crippen LogP contribution in [-0.4, -0.2) is 35.4 Å². The number of rotatable bonds is 4. The topological polar surface area (TPSA) is 77.6 Å². The Morgan fingerprint density at radius 3 is 3.07 bits per heavy atom. The SMILES string of the molecule is C=CN=NN(C)C1C=CN=CC1C(=O)O. The second kappa shape index (κ2) is 5.04. The molecule has 0 radical (unpaired) electrons. The van der Waals surface area contributed by atoms with Crippen LogP contribution >= 0.6 is 0 Å². The van der Waals surface area contributed by atoms with E-state index in [4.69, 9.17) is 5.11 Å². The minimum Gasteiger partial charge on any atom is -0.481 e. The molecular weight excluding hydrogens is 196 g/mol. The van der Waals surface area contributed by atoms with Crippen LogP contribution in [0.1, 0.15) is 0 Å². The lowest BCUT2D eigenvalue weighted by Gasteiger charge is -2.25. The van der Waals surface area contributed by atoms with Gasteiger partial charge in [0.25, 0.3) is 0 Å². The summed E-state index contributed by atoms with van der Waals surface area (Å²) in [4.78, 5) is 14.7. The first-order valence-corrected chi connectivity index (χ1v) is 4.34. The van der Waals surface area contributed by atoms with E-state index in [1.807, 2.05) is 0 Å². The van der Waals surface area contributed by atoms with E-state index in [-0.39, 0.29) is 6.04 Å². The molecule has 0 bridgehead atoms. The summed E-state index contributed by atoms with van der Waals surface area (Å²) in [6, 6.07) is -0.372. The summed E-state index contributed by atoms with van der Waals surface area (Å²) in [7, 11) is 1.65. The van der Waals surface area contributed by atoms with Gasteiger partial charge in [0.2, 0.25) is 0 Å². The second-order valence-electron chi connectivity index (χ2n) is 2.96. The van der Waals surface area contributed by atoms with Gasteiger partial charge >= 0.3 is 5.97 Å². The number of aliphatic carboxylic acids is 1. The fourth-order valence-electron chi connectivity index (χ4n) is 1.23. The molecule has 0 saturated heterocycles. The summed E-state index contributed by atoms with van der Waals surface area (Å²) in [6.45, 7) is 3.38. The van der Waals surface area contributed by atoms with Crippen LogP contribution < -0.4 is 0 Å². The van der Waals surface area contributed by atoms with E-state index in [1.54, 1.807) is 19.3 Å². The summed E-state index contributed by atoms with van der Waals surface area (Å²) in [5, 5.41) is 17.7. The Bertz CT molecular complexity index is 335. The molecule has 2 unspecified atom stereocenters. The average molecular weight is 208 g/mol. The van der Waals surface area contributed by atoms with E-state index < -0.39 is 11.9 Å². The predicted octanol–water partition coefficient (Wildman–Crippen LogP) is 1.10. The van der Waals surface area contributed by atoms with Crippen LogP contribution in [0.3, 0.4) is 0 Å². The van der Waals surface area contributed by atoms with Crippen LogP contribution in [0, 0.1) is 5.92 Å². The molecule has 0 aromatic heterocycles. The molecule has 15 heavy (non-hydrogen) atoms.